The highest BCUT2D eigenvalue weighted by Gasteiger charge is 2.36. The molecule has 0 rings (SSSR count). The number of esters is 1. The molecule has 0 atom stereocenters. The lowest BCUT2D eigenvalue weighted by molar-refractivity contribution is -0.139. The average Bonchev–Trinajstić information content (AvgIpc) is 2.22. The van der Waals surface area contributed by atoms with Crippen molar-refractivity contribution in [3.8, 4) is 0 Å². The molecule has 0 saturated carbocycles. The van der Waals surface area contributed by atoms with Crippen LogP contribution >= 0.6 is 0 Å². The molecule has 0 aromatic heterocycles. The molecule has 104 valence electrons. The van der Waals surface area contributed by atoms with Gasteiger partial charge in [0.2, 0.25) is 0 Å². The summed E-state index contributed by atoms with van der Waals surface area (Å²) in [6.07, 6.45) is -3.97. The molecule has 0 aliphatic rings. The number of ether oxygens (including phenoxy) is 1. The Labute approximate surface area is 104 Å². The Morgan fingerprint density at radius 2 is 2.00 bits per heavy atom. The minimum Gasteiger partial charge on any atom is -0.462 e. The smallest absolute Gasteiger partial charge is 0.431 e. The largest absolute Gasteiger partial charge is 0.462 e. The Balaban J connectivity index is 5.19. The van der Waals surface area contributed by atoms with Crippen molar-refractivity contribution >= 4 is 12.2 Å². The Kier molecular flexibility index (Phi) is 6.43. The van der Waals surface area contributed by atoms with Crippen LogP contribution in [0.4, 0.5) is 13.2 Å². The Morgan fingerprint density at radius 3 is 2.39 bits per heavy atom. The van der Waals surface area contributed by atoms with Crippen molar-refractivity contribution < 1.29 is 22.7 Å². The Bertz CT molecular complexity index is 347. The van der Waals surface area contributed by atoms with E-state index in [1.165, 1.54) is 6.92 Å². The van der Waals surface area contributed by atoms with Crippen LogP contribution in [0.2, 0.25) is 0 Å². The summed E-state index contributed by atoms with van der Waals surface area (Å²) >= 11 is 0. The topological polar surface area (TPSA) is 64.7 Å². The Morgan fingerprint density at radius 1 is 1.44 bits per heavy atom. The molecule has 0 heterocycles. The summed E-state index contributed by atoms with van der Waals surface area (Å²) < 4.78 is 41.8. The van der Waals surface area contributed by atoms with Gasteiger partial charge in [0.25, 0.3) is 0 Å². The lowest BCUT2D eigenvalue weighted by Crippen LogP contribution is -2.26. The number of rotatable bonds is 5. The van der Waals surface area contributed by atoms with Crippen molar-refractivity contribution in [1.82, 2.24) is 0 Å². The minimum atomic E-state index is -4.79. The number of halogens is 3. The molecule has 7 heteroatoms. The predicted molar refractivity (Wildman–Crippen MR) is 62.1 cm³/mol. The van der Waals surface area contributed by atoms with Gasteiger partial charge in [-0.3, -0.25) is 4.99 Å². The van der Waals surface area contributed by atoms with Gasteiger partial charge in [0, 0.05) is 12.8 Å². The molecule has 0 aromatic carbocycles. The van der Waals surface area contributed by atoms with Gasteiger partial charge >= 0.3 is 12.1 Å². The van der Waals surface area contributed by atoms with Crippen LogP contribution in [-0.4, -0.2) is 31.5 Å². The molecule has 4 nitrogen and oxygen atoms in total. The molecule has 0 fully saturated rings. The van der Waals surface area contributed by atoms with Gasteiger partial charge in [0.1, 0.15) is 11.3 Å². The van der Waals surface area contributed by atoms with Crippen molar-refractivity contribution in [2.45, 2.75) is 26.9 Å². The van der Waals surface area contributed by atoms with Crippen LogP contribution in [0, 0.1) is 5.92 Å². The molecular formula is C11H17F3N2O2. The molecule has 0 bridgehead atoms. The molecule has 0 aliphatic heterocycles. The fourth-order valence-corrected chi connectivity index (χ4v) is 0.949. The van der Waals surface area contributed by atoms with Gasteiger partial charge in [-0.2, -0.15) is 13.2 Å². The molecule has 0 radical (unpaired) electrons. The van der Waals surface area contributed by atoms with Gasteiger partial charge in [-0.25, -0.2) is 4.79 Å². The van der Waals surface area contributed by atoms with Crippen LogP contribution in [0.25, 0.3) is 0 Å². The number of nitrogens with zero attached hydrogens (tertiary/aromatic N) is 1. The van der Waals surface area contributed by atoms with Gasteiger partial charge < -0.3 is 10.5 Å². The molecule has 0 amide bonds. The van der Waals surface area contributed by atoms with Crippen molar-refractivity contribution in [2.24, 2.45) is 16.6 Å². The van der Waals surface area contributed by atoms with Crippen molar-refractivity contribution in [1.29, 1.82) is 0 Å². The van der Waals surface area contributed by atoms with Crippen LogP contribution in [0.1, 0.15) is 20.8 Å². The highest BCUT2D eigenvalue weighted by molar-refractivity contribution is 6.10. The fourth-order valence-electron chi connectivity index (χ4n) is 0.949. The first kappa shape index (κ1) is 16.5. The fraction of sp³-hybridized carbons (Fsp3) is 0.636. The van der Waals surface area contributed by atoms with E-state index in [0.29, 0.717) is 6.54 Å². The summed E-state index contributed by atoms with van der Waals surface area (Å²) in [6, 6.07) is 0. The number of alkyl halides is 3. The zero-order valence-corrected chi connectivity index (χ0v) is 10.5. The van der Waals surface area contributed by atoms with E-state index in [0.717, 1.165) is 6.21 Å². The van der Waals surface area contributed by atoms with Gasteiger partial charge in [-0.1, -0.05) is 13.8 Å². The first-order chi connectivity index (χ1) is 8.20. The normalized spacial score (nSPS) is 13.9. The van der Waals surface area contributed by atoms with Gasteiger partial charge in [0.05, 0.1) is 6.61 Å². The number of nitrogens with two attached hydrogens (primary N) is 1. The van der Waals surface area contributed by atoms with E-state index >= 15 is 0 Å². The molecule has 2 N–H and O–H groups in total. The van der Waals surface area contributed by atoms with E-state index in [1.807, 2.05) is 13.8 Å². The first-order valence-electron chi connectivity index (χ1n) is 5.44. The van der Waals surface area contributed by atoms with Crippen LogP contribution in [-0.2, 0) is 9.53 Å². The third-order valence-electron chi connectivity index (χ3n) is 1.78. The lowest BCUT2D eigenvalue weighted by atomic mass is 10.2. The standard InChI is InChI=1S/C11H17F3N2O2/c1-4-18-10(17)8(6-16-5-7(2)3)9(15)11(12,13)14/h6-7H,4-5,15H2,1-3H3. The van der Waals surface area contributed by atoms with Gasteiger partial charge in [0.15, 0.2) is 0 Å². The summed E-state index contributed by atoms with van der Waals surface area (Å²) in [5.41, 5.74) is 2.65. The highest BCUT2D eigenvalue weighted by atomic mass is 19.4. The molecule has 0 unspecified atom stereocenters. The number of allylic oxidation sites excluding steroid dienone is 1. The van der Waals surface area contributed by atoms with Crippen molar-refractivity contribution in [3.05, 3.63) is 11.3 Å². The summed E-state index contributed by atoms with van der Waals surface area (Å²) in [7, 11) is 0. The summed E-state index contributed by atoms with van der Waals surface area (Å²) in [5.74, 6) is -0.961. The van der Waals surface area contributed by atoms with E-state index in [4.69, 9.17) is 5.73 Å². The average molecular weight is 266 g/mol. The number of carbonyl (C=O) groups excluding carboxylic acids is 1. The molecule has 0 aliphatic carbocycles. The lowest BCUT2D eigenvalue weighted by Gasteiger charge is -2.10. The van der Waals surface area contributed by atoms with E-state index in [1.54, 1.807) is 0 Å². The van der Waals surface area contributed by atoms with Crippen LogP contribution < -0.4 is 5.73 Å². The van der Waals surface area contributed by atoms with Gasteiger partial charge in [-0.05, 0) is 12.8 Å². The third-order valence-corrected chi connectivity index (χ3v) is 1.78. The number of carbonyl (C=O) groups is 1. The third kappa shape index (κ3) is 5.70. The zero-order valence-electron chi connectivity index (χ0n) is 10.5. The number of hydrogen-bond acceptors (Lipinski definition) is 4. The summed E-state index contributed by atoms with van der Waals surface area (Å²) in [6.45, 7) is 5.44. The molecule has 18 heavy (non-hydrogen) atoms. The van der Waals surface area contributed by atoms with Crippen molar-refractivity contribution in [3.63, 3.8) is 0 Å². The number of hydrogen-bond donors (Lipinski definition) is 1. The van der Waals surface area contributed by atoms with E-state index in [2.05, 4.69) is 9.73 Å². The van der Waals surface area contributed by atoms with Crippen LogP contribution in [0.15, 0.2) is 16.3 Å². The maximum Gasteiger partial charge on any atom is 0.431 e. The maximum absolute atomic E-state index is 12.4. The highest BCUT2D eigenvalue weighted by Crippen LogP contribution is 2.24. The molecular weight excluding hydrogens is 249 g/mol. The molecule has 0 spiro atoms. The minimum absolute atomic E-state index is 0.0362. The van der Waals surface area contributed by atoms with Crippen LogP contribution in [0.3, 0.4) is 0 Å². The van der Waals surface area contributed by atoms with E-state index < -0.39 is 23.4 Å². The van der Waals surface area contributed by atoms with Crippen LogP contribution in [0.5, 0.6) is 0 Å². The SMILES string of the molecule is CCOC(=O)C(C=NCC(C)C)=C(N)C(F)(F)F. The van der Waals surface area contributed by atoms with Crippen molar-refractivity contribution in [2.75, 3.05) is 13.2 Å². The maximum atomic E-state index is 12.4. The quantitative estimate of drug-likeness (QED) is 0.470. The summed E-state index contributed by atoms with van der Waals surface area (Å²) in [4.78, 5) is 15.1. The van der Waals surface area contributed by atoms with Gasteiger partial charge in [-0.15, -0.1) is 0 Å². The van der Waals surface area contributed by atoms with E-state index in [-0.39, 0.29) is 12.5 Å². The molecule has 0 saturated heterocycles. The number of aliphatic imine (C=N–C) groups is 1. The zero-order chi connectivity index (χ0) is 14.3. The summed E-state index contributed by atoms with van der Waals surface area (Å²) in [5, 5.41) is 0. The first-order valence-corrected chi connectivity index (χ1v) is 5.44. The molecule has 0 aromatic rings. The van der Waals surface area contributed by atoms with E-state index in [9.17, 15) is 18.0 Å². The second-order valence-electron chi connectivity index (χ2n) is 3.93. The Hall–Kier alpha value is -1.53. The monoisotopic (exact) mass is 266 g/mol. The second-order valence-corrected chi connectivity index (χ2v) is 3.93. The second kappa shape index (κ2) is 7.03. The predicted octanol–water partition coefficient (Wildman–Crippen LogP) is 2.05.